The first kappa shape index (κ1) is 10.7. The Hall–Kier alpha value is 0.714. The molecule has 0 heterocycles. The molecule has 0 aromatic heterocycles. The molecule has 0 spiro atoms. The van der Waals surface area contributed by atoms with E-state index in [1.807, 2.05) is 6.92 Å². The van der Waals surface area contributed by atoms with Crippen molar-refractivity contribution in [3.8, 4) is 0 Å². The van der Waals surface area contributed by atoms with Gasteiger partial charge < -0.3 is 0 Å². The predicted molar refractivity (Wildman–Crippen MR) is 29.4 cm³/mol. The fourth-order valence-corrected chi connectivity index (χ4v) is 0. The molecule has 0 aromatic rings. The Labute approximate surface area is 71.3 Å². The van der Waals surface area contributed by atoms with E-state index >= 15 is 0 Å². The molecule has 36 valence electrons. The Morgan fingerprint density at radius 2 is 1.29 bits per heavy atom. The molecule has 0 saturated heterocycles. The molecule has 0 N–H and O–H groups in total. The van der Waals surface area contributed by atoms with Gasteiger partial charge in [0.1, 0.15) is 0 Å². The smallest absolute Gasteiger partial charge is 0.242 e. The van der Waals surface area contributed by atoms with Crippen LogP contribution in [-0.4, -0.2) is 0 Å². The van der Waals surface area contributed by atoms with Crippen molar-refractivity contribution in [2.45, 2.75) is 20.8 Å². The van der Waals surface area contributed by atoms with Crippen molar-refractivity contribution >= 4 is 0 Å². The fourth-order valence-electron chi connectivity index (χ4n) is 0. The van der Waals surface area contributed by atoms with Crippen LogP contribution < -0.4 is 0 Å². The van der Waals surface area contributed by atoms with E-state index in [4.69, 9.17) is 0 Å². The van der Waals surface area contributed by atoms with E-state index in [1.165, 1.54) is 11.1 Å². The molecule has 0 aliphatic carbocycles. The second-order valence-corrected chi connectivity index (χ2v) is 1.78. The largest absolute Gasteiger partial charge is 3.00 e. The summed E-state index contributed by atoms with van der Waals surface area (Å²) in [6.45, 7) is 9.84. The minimum atomic E-state index is 0. The summed E-state index contributed by atoms with van der Waals surface area (Å²) in [5.74, 6) is 0. The maximum atomic E-state index is 3.72. The van der Waals surface area contributed by atoms with Gasteiger partial charge in [0.25, 0.3) is 0 Å². The second-order valence-electron chi connectivity index (χ2n) is 1.78. The molecule has 0 unspecified atom stereocenters. The Balaban J connectivity index is 0. The monoisotopic (exact) mass is 172 g/mol. The second kappa shape index (κ2) is 4.86. The summed E-state index contributed by atoms with van der Waals surface area (Å²) >= 11 is 0. The zero-order valence-electron chi connectivity index (χ0n) is 5.28. The van der Waals surface area contributed by atoms with Crippen LogP contribution in [0.25, 0.3) is 0 Å². The van der Waals surface area contributed by atoms with Crippen molar-refractivity contribution in [3.63, 3.8) is 0 Å². The summed E-state index contributed by atoms with van der Waals surface area (Å²) in [4.78, 5) is 0. The molecule has 0 aliphatic rings. The van der Waals surface area contributed by atoms with E-state index in [2.05, 4.69) is 20.8 Å². The van der Waals surface area contributed by atoms with Crippen LogP contribution in [0.15, 0.2) is 11.1 Å². The van der Waals surface area contributed by atoms with Crippen LogP contribution in [0.5, 0.6) is 0 Å². The van der Waals surface area contributed by atoms with Gasteiger partial charge in [-0.05, 0) is 0 Å². The van der Waals surface area contributed by atoms with Crippen LogP contribution in [0.2, 0.25) is 0 Å². The summed E-state index contributed by atoms with van der Waals surface area (Å²) in [5, 5.41) is 0. The van der Waals surface area contributed by atoms with Crippen molar-refractivity contribution in [1.82, 2.24) is 0 Å². The van der Waals surface area contributed by atoms with Crippen LogP contribution >= 0.6 is 0 Å². The first-order valence-electron chi connectivity index (χ1n) is 2.10. The Kier molecular flexibility index (Phi) is 7.40. The molecule has 0 aliphatic heterocycles. The van der Waals surface area contributed by atoms with Crippen LogP contribution in [0, 0.1) is 6.92 Å². The quantitative estimate of drug-likeness (QED) is 0.491. The Morgan fingerprint density at radius 3 is 1.29 bits per heavy atom. The van der Waals surface area contributed by atoms with Gasteiger partial charge in [0.15, 0.2) is 0 Å². The molecular formula is C6H11Y+2. The average Bonchev–Trinajstić information content (AvgIpc) is 1.36. The number of rotatable bonds is 0. The molecule has 0 atom stereocenters. The van der Waals surface area contributed by atoms with Gasteiger partial charge in [0.05, 0.1) is 0 Å². The molecule has 1 heteroatoms. The van der Waals surface area contributed by atoms with Gasteiger partial charge in [0.2, 0.25) is 0 Å². The van der Waals surface area contributed by atoms with Gasteiger partial charge in [-0.2, -0.15) is 0 Å². The average molecular weight is 172 g/mol. The maximum absolute atomic E-state index is 3.72. The maximum Gasteiger partial charge on any atom is 3.00 e. The van der Waals surface area contributed by atoms with E-state index in [0.29, 0.717) is 0 Å². The van der Waals surface area contributed by atoms with Crippen LogP contribution in [0.1, 0.15) is 20.8 Å². The van der Waals surface area contributed by atoms with Gasteiger partial charge in [0, 0.05) is 0 Å². The molecular weight excluding hydrogens is 161 g/mol. The van der Waals surface area contributed by atoms with Crippen molar-refractivity contribution < 1.29 is 32.7 Å². The van der Waals surface area contributed by atoms with E-state index in [-0.39, 0.29) is 32.7 Å². The molecule has 0 bridgehead atoms. The van der Waals surface area contributed by atoms with E-state index in [1.54, 1.807) is 0 Å². The third kappa shape index (κ3) is 6.71. The topological polar surface area (TPSA) is 0 Å². The number of hydrogen-bond acceptors (Lipinski definition) is 0. The van der Waals surface area contributed by atoms with Crippen molar-refractivity contribution in [2.24, 2.45) is 0 Å². The van der Waals surface area contributed by atoms with Crippen molar-refractivity contribution in [2.75, 3.05) is 0 Å². The summed E-state index contributed by atoms with van der Waals surface area (Å²) < 4.78 is 0. The van der Waals surface area contributed by atoms with Gasteiger partial charge >= 0.3 is 32.7 Å². The molecule has 0 radical (unpaired) electrons. The molecule has 0 saturated carbocycles. The van der Waals surface area contributed by atoms with Crippen molar-refractivity contribution in [3.05, 3.63) is 18.1 Å². The van der Waals surface area contributed by atoms with E-state index < -0.39 is 0 Å². The minimum Gasteiger partial charge on any atom is -0.242 e. The summed E-state index contributed by atoms with van der Waals surface area (Å²) in [6.07, 6.45) is 0. The van der Waals surface area contributed by atoms with Crippen LogP contribution in [-0.2, 0) is 32.7 Å². The molecule has 0 amide bonds. The standard InChI is InChI=1S/C6H11.Y/c1-5(2)6(3)4;/h1H2,2-4H3;/q-1;+3. The normalized spacial score (nSPS) is 6.71. The Morgan fingerprint density at radius 1 is 1.14 bits per heavy atom. The van der Waals surface area contributed by atoms with Gasteiger partial charge in [-0.3, -0.25) is 0 Å². The van der Waals surface area contributed by atoms with Gasteiger partial charge in [-0.1, -0.05) is 6.92 Å². The summed E-state index contributed by atoms with van der Waals surface area (Å²) in [7, 11) is 0. The zero-order chi connectivity index (χ0) is 5.15. The molecule has 7 heavy (non-hydrogen) atoms. The number of allylic oxidation sites excluding steroid dienone is 2. The molecule has 0 nitrogen and oxygen atoms in total. The minimum absolute atomic E-state index is 0. The van der Waals surface area contributed by atoms with Crippen molar-refractivity contribution in [1.29, 1.82) is 0 Å². The SMILES string of the molecule is [CH2-]C(C)=C(C)C.[Y+3]. The predicted octanol–water partition coefficient (Wildman–Crippen LogP) is 2.17. The van der Waals surface area contributed by atoms with E-state index in [9.17, 15) is 0 Å². The first-order valence-corrected chi connectivity index (χ1v) is 2.10. The summed E-state index contributed by atoms with van der Waals surface area (Å²) in [5.41, 5.74) is 2.49. The zero-order valence-corrected chi connectivity index (χ0v) is 8.12. The fraction of sp³-hybridized carbons (Fsp3) is 0.500. The number of hydrogen-bond donors (Lipinski definition) is 0. The van der Waals surface area contributed by atoms with Gasteiger partial charge in [-0.15, -0.1) is 13.8 Å². The summed E-state index contributed by atoms with van der Waals surface area (Å²) in [6, 6.07) is 0. The third-order valence-electron chi connectivity index (χ3n) is 0.854. The molecule has 0 rings (SSSR count). The molecule has 0 fully saturated rings. The Bertz CT molecular complexity index is 54.2. The van der Waals surface area contributed by atoms with Gasteiger partial charge in [-0.25, -0.2) is 18.1 Å². The third-order valence-corrected chi connectivity index (χ3v) is 0.854. The first-order chi connectivity index (χ1) is 2.64. The van der Waals surface area contributed by atoms with Crippen LogP contribution in [0.3, 0.4) is 0 Å². The van der Waals surface area contributed by atoms with E-state index in [0.717, 1.165) is 0 Å². The van der Waals surface area contributed by atoms with Crippen LogP contribution in [0.4, 0.5) is 0 Å². The molecule has 0 aromatic carbocycles.